The summed E-state index contributed by atoms with van der Waals surface area (Å²) in [6, 6.07) is 2.37. The van der Waals surface area contributed by atoms with E-state index in [0.29, 0.717) is 23.3 Å². The lowest BCUT2D eigenvalue weighted by atomic mass is 9.47. The van der Waals surface area contributed by atoms with Crippen molar-refractivity contribution in [2.75, 3.05) is 0 Å². The number of ether oxygens (including phenoxy) is 2. The summed E-state index contributed by atoms with van der Waals surface area (Å²) in [5, 5.41) is 20.6. The van der Waals surface area contributed by atoms with E-state index in [1.807, 2.05) is 24.9 Å². The van der Waals surface area contributed by atoms with Gasteiger partial charge in [0.2, 0.25) is 0 Å². The van der Waals surface area contributed by atoms with Gasteiger partial charge in [0.1, 0.15) is 17.7 Å². The minimum Gasteiger partial charge on any atom is -0.462 e. The number of rotatable bonds is 3. The predicted molar refractivity (Wildman–Crippen MR) is 132 cm³/mol. The molecule has 2 aliphatic heterocycles. The first kappa shape index (κ1) is 23.7. The Balaban J connectivity index is 1.33. The van der Waals surface area contributed by atoms with E-state index in [1.54, 1.807) is 0 Å². The van der Waals surface area contributed by atoms with Crippen LogP contribution in [0.4, 0.5) is 0 Å². The van der Waals surface area contributed by atoms with E-state index in [2.05, 4.69) is 41.9 Å². The van der Waals surface area contributed by atoms with Crippen molar-refractivity contribution in [1.29, 1.82) is 5.26 Å². The monoisotopic (exact) mass is 491 g/mol. The molecule has 0 aromatic heterocycles. The molecule has 6 rings (SSSR count). The Morgan fingerprint density at radius 1 is 1.22 bits per heavy atom. The number of allylic oxidation sites excluding steroid dienone is 4. The first-order chi connectivity index (χ1) is 17.1. The average molecular weight is 492 g/mol. The van der Waals surface area contributed by atoms with Crippen LogP contribution < -0.4 is 5.53 Å². The highest BCUT2D eigenvalue weighted by Gasteiger charge is 2.63. The third-order valence-corrected chi connectivity index (χ3v) is 10.1. The summed E-state index contributed by atoms with van der Waals surface area (Å²) in [6.07, 6.45) is 11.6. The Hall–Kier alpha value is -2.66. The van der Waals surface area contributed by atoms with Gasteiger partial charge in [-0.25, -0.2) is 5.01 Å². The van der Waals surface area contributed by atoms with E-state index in [-0.39, 0.29) is 29.0 Å². The summed E-state index contributed by atoms with van der Waals surface area (Å²) in [4.78, 5) is 11.6. The normalized spacial score (nSPS) is 42.3. The molecule has 6 aliphatic rings. The summed E-state index contributed by atoms with van der Waals surface area (Å²) in [5.74, 6) is 0.272. The minimum absolute atomic E-state index is 0.0186. The van der Waals surface area contributed by atoms with E-state index in [0.717, 1.165) is 44.9 Å². The Morgan fingerprint density at radius 3 is 2.72 bits per heavy atom. The molecule has 0 bridgehead atoms. The van der Waals surface area contributed by atoms with Gasteiger partial charge in [-0.05, 0) is 87.2 Å². The number of hydrogen-bond donors (Lipinski definition) is 1. The zero-order valence-electron chi connectivity index (χ0n) is 22.0. The van der Waals surface area contributed by atoms with E-state index < -0.39 is 5.85 Å². The smallest absolute Gasteiger partial charge is 0.316 e. The largest absolute Gasteiger partial charge is 0.462 e. The zero-order valence-corrected chi connectivity index (χ0v) is 22.0. The second kappa shape index (κ2) is 7.92. The van der Waals surface area contributed by atoms with Gasteiger partial charge < -0.3 is 9.47 Å². The quantitative estimate of drug-likeness (QED) is 0.415. The minimum atomic E-state index is -1.22. The molecular formula is C28H37N5O3. The maximum atomic E-state index is 11.6. The molecule has 4 aliphatic carbocycles. The molecule has 0 aromatic carbocycles. The van der Waals surface area contributed by atoms with Crippen LogP contribution in [0.3, 0.4) is 0 Å². The fourth-order valence-electron chi connectivity index (χ4n) is 8.65. The second-order valence-corrected chi connectivity index (χ2v) is 12.3. The molecule has 2 heterocycles. The van der Waals surface area contributed by atoms with Crippen molar-refractivity contribution in [2.45, 2.75) is 97.6 Å². The van der Waals surface area contributed by atoms with Gasteiger partial charge in [-0.2, -0.15) is 10.8 Å². The molecule has 2 saturated carbocycles. The summed E-state index contributed by atoms with van der Waals surface area (Å²) in [7, 11) is 0. The predicted octanol–water partition coefficient (Wildman–Crippen LogP) is 5.47. The molecule has 0 aromatic rings. The molecule has 7 atom stereocenters. The van der Waals surface area contributed by atoms with Gasteiger partial charge in [0.05, 0.1) is 11.8 Å². The molecule has 0 amide bonds. The highest BCUT2D eigenvalue weighted by Crippen LogP contribution is 2.68. The van der Waals surface area contributed by atoms with E-state index in [9.17, 15) is 10.1 Å². The molecule has 0 saturated heterocycles. The van der Waals surface area contributed by atoms with Crippen LogP contribution in [0.5, 0.6) is 0 Å². The number of carbonyl (C=O) groups excluding carboxylic acids is 1. The SMILES string of the molecule is CC(=O)O[C@H]1CC[C@@]2(C)C(=CC[C@@H]3[C@@H]2CC[C@]2(C)C4=C(C=C(C#N)C5(OC(C)C)N=NNN45)C[C@@H]32)C1. The molecule has 0 radical (unpaired) electrons. The number of nitriles is 1. The fourth-order valence-corrected chi connectivity index (χ4v) is 8.65. The number of nitrogens with one attached hydrogen (secondary N) is 1. The van der Waals surface area contributed by atoms with Gasteiger partial charge >= 0.3 is 11.8 Å². The average Bonchev–Trinajstić information content (AvgIpc) is 3.36. The number of fused-ring (bicyclic) bond motifs is 8. The van der Waals surface area contributed by atoms with Crippen molar-refractivity contribution in [2.24, 2.45) is 38.9 Å². The fraction of sp³-hybridized carbons (Fsp3) is 0.714. The first-order valence-corrected chi connectivity index (χ1v) is 13.5. The summed E-state index contributed by atoms with van der Waals surface area (Å²) >= 11 is 0. The molecule has 192 valence electrons. The topological polar surface area (TPSA) is 99.3 Å². The highest BCUT2D eigenvalue weighted by molar-refractivity contribution is 5.66. The van der Waals surface area contributed by atoms with Crippen molar-refractivity contribution in [3.8, 4) is 6.07 Å². The lowest BCUT2D eigenvalue weighted by Gasteiger charge is -2.58. The molecule has 2 fully saturated rings. The molecule has 0 spiro atoms. The van der Waals surface area contributed by atoms with Crippen LogP contribution >= 0.6 is 0 Å². The van der Waals surface area contributed by atoms with Gasteiger partial charge in [-0.3, -0.25) is 4.79 Å². The number of carbonyl (C=O) groups is 1. The molecular weight excluding hydrogens is 454 g/mol. The van der Waals surface area contributed by atoms with Crippen LogP contribution in [0.2, 0.25) is 0 Å². The Bertz CT molecular complexity index is 1160. The Morgan fingerprint density at radius 2 is 2.00 bits per heavy atom. The van der Waals surface area contributed by atoms with Crippen LogP contribution in [0, 0.1) is 39.9 Å². The number of hydrogen-bond acceptors (Lipinski definition) is 8. The lowest BCUT2D eigenvalue weighted by molar-refractivity contribution is -0.149. The lowest BCUT2D eigenvalue weighted by Crippen LogP contribution is -2.57. The van der Waals surface area contributed by atoms with Crippen LogP contribution in [-0.2, 0) is 14.3 Å². The van der Waals surface area contributed by atoms with Crippen LogP contribution in [-0.4, -0.2) is 29.0 Å². The standard InChI is InChI=1S/C28H37N5O3/c1-16(2)36-28-20(15-29)12-18-13-24-22-7-6-19-14-21(35-17(3)34)8-10-26(19,4)23(22)9-11-27(24,5)25(18)33(28)32-31-30-28/h6,12,16,21-24H,7-11,13-14H2,1-5H3,(H,30,32)/t21-,22+,23-,24-,26-,27-,28?/m0/s1. The summed E-state index contributed by atoms with van der Waals surface area (Å²) in [6.45, 7) is 10.3. The van der Waals surface area contributed by atoms with Crippen molar-refractivity contribution >= 4 is 5.97 Å². The highest BCUT2D eigenvalue weighted by atomic mass is 16.6. The molecule has 1 unspecified atom stereocenters. The van der Waals surface area contributed by atoms with Crippen molar-refractivity contribution in [3.63, 3.8) is 0 Å². The van der Waals surface area contributed by atoms with Crippen molar-refractivity contribution in [1.82, 2.24) is 10.5 Å². The molecule has 8 nitrogen and oxygen atoms in total. The number of hydrazine groups is 1. The zero-order chi connectivity index (χ0) is 25.5. The van der Waals surface area contributed by atoms with Gasteiger partial charge in [0.15, 0.2) is 0 Å². The maximum absolute atomic E-state index is 11.6. The first-order valence-electron chi connectivity index (χ1n) is 13.5. The molecule has 36 heavy (non-hydrogen) atoms. The number of nitrogens with zero attached hydrogens (tertiary/aromatic N) is 4. The second-order valence-electron chi connectivity index (χ2n) is 12.3. The summed E-state index contributed by atoms with van der Waals surface area (Å²) in [5.41, 5.74) is 7.64. The van der Waals surface area contributed by atoms with Crippen molar-refractivity contribution < 1.29 is 14.3 Å². The Kier molecular flexibility index (Phi) is 5.22. The van der Waals surface area contributed by atoms with Gasteiger partial charge in [0, 0.05) is 18.8 Å². The Labute approximate surface area is 213 Å². The third kappa shape index (κ3) is 3.11. The van der Waals surface area contributed by atoms with E-state index in [4.69, 9.17) is 9.47 Å². The molecule has 1 N–H and O–H groups in total. The van der Waals surface area contributed by atoms with Crippen LogP contribution in [0.25, 0.3) is 0 Å². The van der Waals surface area contributed by atoms with Gasteiger partial charge in [-0.15, -0.1) is 5.11 Å². The molecule has 8 heteroatoms. The van der Waals surface area contributed by atoms with E-state index in [1.165, 1.54) is 23.8 Å². The van der Waals surface area contributed by atoms with Crippen LogP contribution in [0.1, 0.15) is 79.6 Å². The number of esters is 1. The third-order valence-electron chi connectivity index (χ3n) is 10.1. The van der Waals surface area contributed by atoms with Gasteiger partial charge in [-0.1, -0.05) is 30.7 Å². The maximum Gasteiger partial charge on any atom is 0.316 e. The summed E-state index contributed by atoms with van der Waals surface area (Å²) < 4.78 is 11.9. The van der Waals surface area contributed by atoms with Crippen molar-refractivity contribution in [3.05, 3.63) is 34.6 Å². The van der Waals surface area contributed by atoms with Gasteiger partial charge in [0.25, 0.3) is 0 Å². The van der Waals surface area contributed by atoms with E-state index >= 15 is 0 Å². The van der Waals surface area contributed by atoms with Crippen LogP contribution in [0.15, 0.2) is 44.9 Å².